The zero-order valence-electron chi connectivity index (χ0n) is 16.3. The van der Waals surface area contributed by atoms with Crippen molar-refractivity contribution in [2.24, 2.45) is 0 Å². The number of piperidine rings is 2. The molecule has 2 aromatic carbocycles. The van der Waals surface area contributed by atoms with Crippen molar-refractivity contribution in [1.82, 2.24) is 10.2 Å². The van der Waals surface area contributed by atoms with Crippen LogP contribution in [0.3, 0.4) is 0 Å². The third-order valence-electron chi connectivity index (χ3n) is 6.06. The highest BCUT2D eigenvalue weighted by Crippen LogP contribution is 2.34. The van der Waals surface area contributed by atoms with Crippen LogP contribution < -0.4 is 10.6 Å². The Morgan fingerprint density at radius 3 is 2.43 bits per heavy atom. The highest BCUT2D eigenvalue weighted by Gasteiger charge is 2.37. The van der Waals surface area contributed by atoms with Crippen molar-refractivity contribution in [3.63, 3.8) is 0 Å². The molecule has 0 aliphatic carbocycles. The number of para-hydroxylation sites is 1. The molecule has 2 heterocycles. The monoisotopic (exact) mass is 375 g/mol. The second-order valence-corrected chi connectivity index (χ2v) is 7.90. The minimum absolute atomic E-state index is 0.108. The van der Waals surface area contributed by atoms with Crippen molar-refractivity contribution < 1.29 is 4.79 Å². The van der Waals surface area contributed by atoms with Crippen LogP contribution in [-0.2, 0) is 0 Å². The van der Waals surface area contributed by atoms with Crippen molar-refractivity contribution in [1.29, 1.82) is 0 Å². The van der Waals surface area contributed by atoms with Crippen molar-refractivity contribution >= 4 is 11.7 Å². The number of anilines is 1. The van der Waals surface area contributed by atoms with E-state index in [0.29, 0.717) is 12.1 Å². The molecule has 2 saturated heterocycles. The Hall–Kier alpha value is -2.59. The Morgan fingerprint density at radius 2 is 1.71 bits per heavy atom. The minimum atomic E-state index is -0.108. The van der Waals surface area contributed by atoms with Gasteiger partial charge < -0.3 is 10.6 Å². The molecule has 2 fully saturated rings. The molecule has 146 valence electrons. The third kappa shape index (κ3) is 4.12. The van der Waals surface area contributed by atoms with Gasteiger partial charge in [-0.3, -0.25) is 4.90 Å². The number of carbonyl (C=O) groups excluding carboxylic acids is 1. The summed E-state index contributed by atoms with van der Waals surface area (Å²) in [6.45, 7) is 4.87. The Balaban J connectivity index is 1.41. The summed E-state index contributed by atoms with van der Waals surface area (Å²) < 4.78 is 0. The van der Waals surface area contributed by atoms with Crippen molar-refractivity contribution in [2.45, 2.75) is 50.2 Å². The van der Waals surface area contributed by atoms with Crippen LogP contribution in [0.4, 0.5) is 10.5 Å². The van der Waals surface area contributed by atoms with Crippen LogP contribution in [0.5, 0.6) is 0 Å². The van der Waals surface area contributed by atoms with E-state index in [-0.39, 0.29) is 12.1 Å². The summed E-state index contributed by atoms with van der Waals surface area (Å²) in [6.07, 6.45) is 7.80. The standard InChI is InChI=1S/C24H29N3O/c1-2-15-27-20-11-8-12-21(27)17-19(16-20)25-24(28)26-23-14-7-6-13-22(23)18-9-4-3-5-10-18/h2-7,9-10,13-14,19-21H,1,8,11-12,15-17H2,(H2,25,26,28)/t20-,21-/m0/s1. The number of hydrogen-bond acceptors (Lipinski definition) is 2. The molecule has 2 aromatic rings. The van der Waals surface area contributed by atoms with Crippen LogP contribution in [0.2, 0.25) is 0 Å². The summed E-state index contributed by atoms with van der Waals surface area (Å²) in [6, 6.07) is 19.4. The van der Waals surface area contributed by atoms with Crippen molar-refractivity contribution in [2.75, 3.05) is 11.9 Å². The van der Waals surface area contributed by atoms with Gasteiger partial charge in [-0.05, 0) is 37.3 Å². The van der Waals surface area contributed by atoms with Gasteiger partial charge in [-0.15, -0.1) is 6.58 Å². The van der Waals surface area contributed by atoms with Gasteiger partial charge in [-0.1, -0.05) is 61.0 Å². The summed E-state index contributed by atoms with van der Waals surface area (Å²) in [5.41, 5.74) is 2.98. The van der Waals surface area contributed by atoms with Crippen LogP contribution in [-0.4, -0.2) is 35.6 Å². The first kappa shape index (κ1) is 18.8. The SMILES string of the molecule is C=CCN1[C@H]2CCC[C@H]1CC(NC(=O)Nc1ccccc1-c1ccccc1)C2. The molecule has 2 aliphatic rings. The lowest BCUT2D eigenvalue weighted by Gasteiger charge is -2.48. The molecule has 0 spiro atoms. The second kappa shape index (κ2) is 8.61. The first-order valence-electron chi connectivity index (χ1n) is 10.3. The lowest BCUT2D eigenvalue weighted by atomic mass is 9.82. The highest BCUT2D eigenvalue weighted by molar-refractivity contribution is 5.94. The number of nitrogens with one attached hydrogen (secondary N) is 2. The van der Waals surface area contributed by atoms with E-state index in [2.05, 4.69) is 34.2 Å². The van der Waals surface area contributed by atoms with Gasteiger partial charge in [0.2, 0.25) is 0 Å². The van der Waals surface area contributed by atoms with Crippen LogP contribution in [0.25, 0.3) is 11.1 Å². The van der Waals surface area contributed by atoms with E-state index < -0.39 is 0 Å². The van der Waals surface area contributed by atoms with Gasteiger partial charge in [0.25, 0.3) is 0 Å². The predicted molar refractivity (Wildman–Crippen MR) is 115 cm³/mol. The van der Waals surface area contributed by atoms with Gasteiger partial charge in [-0.2, -0.15) is 0 Å². The lowest BCUT2D eigenvalue weighted by molar-refractivity contribution is 0.0375. The Kier molecular flexibility index (Phi) is 5.77. The third-order valence-corrected chi connectivity index (χ3v) is 6.06. The number of hydrogen-bond donors (Lipinski definition) is 2. The molecule has 4 rings (SSSR count). The average molecular weight is 376 g/mol. The van der Waals surface area contributed by atoms with Gasteiger partial charge in [-0.25, -0.2) is 4.79 Å². The van der Waals surface area contributed by atoms with Gasteiger partial charge in [0.1, 0.15) is 0 Å². The molecule has 2 atom stereocenters. The number of carbonyl (C=O) groups is 1. The number of amides is 2. The maximum atomic E-state index is 12.7. The first-order chi connectivity index (χ1) is 13.7. The van der Waals surface area contributed by atoms with Crippen LogP contribution in [0, 0.1) is 0 Å². The number of rotatable bonds is 5. The van der Waals surface area contributed by atoms with Gasteiger partial charge in [0.15, 0.2) is 0 Å². The van der Waals surface area contributed by atoms with Crippen molar-refractivity contribution in [3.05, 3.63) is 67.3 Å². The van der Waals surface area contributed by atoms with Crippen LogP contribution in [0.1, 0.15) is 32.1 Å². The molecule has 28 heavy (non-hydrogen) atoms. The van der Waals surface area contributed by atoms with E-state index in [0.717, 1.165) is 36.2 Å². The molecule has 2 N–H and O–H groups in total. The van der Waals surface area contributed by atoms with E-state index in [4.69, 9.17) is 0 Å². The number of nitrogens with zero attached hydrogens (tertiary/aromatic N) is 1. The molecule has 2 bridgehead atoms. The zero-order valence-corrected chi connectivity index (χ0v) is 16.3. The zero-order chi connectivity index (χ0) is 19.3. The van der Waals surface area contributed by atoms with Gasteiger partial charge in [0.05, 0.1) is 5.69 Å². The highest BCUT2D eigenvalue weighted by atomic mass is 16.2. The maximum Gasteiger partial charge on any atom is 0.319 e. The Labute approximate surface area is 167 Å². The lowest BCUT2D eigenvalue weighted by Crippen LogP contribution is -2.57. The summed E-state index contributed by atoms with van der Waals surface area (Å²) >= 11 is 0. The minimum Gasteiger partial charge on any atom is -0.335 e. The summed E-state index contributed by atoms with van der Waals surface area (Å²) in [7, 11) is 0. The fraction of sp³-hybridized carbons (Fsp3) is 0.375. The number of fused-ring (bicyclic) bond motifs is 2. The number of urea groups is 1. The molecule has 4 nitrogen and oxygen atoms in total. The summed E-state index contributed by atoms with van der Waals surface area (Å²) in [5.74, 6) is 0. The van der Waals surface area contributed by atoms with E-state index in [1.54, 1.807) is 0 Å². The predicted octanol–water partition coefficient (Wildman–Crippen LogP) is 5.05. The fourth-order valence-corrected chi connectivity index (χ4v) is 4.85. The maximum absolute atomic E-state index is 12.7. The normalized spacial score (nSPS) is 24.4. The van der Waals surface area contributed by atoms with E-state index in [9.17, 15) is 4.79 Å². The van der Waals surface area contributed by atoms with Gasteiger partial charge in [0, 0.05) is 30.2 Å². The molecule has 0 unspecified atom stereocenters. The molecular weight excluding hydrogens is 346 g/mol. The smallest absolute Gasteiger partial charge is 0.319 e. The molecule has 0 saturated carbocycles. The van der Waals surface area contributed by atoms with E-state index >= 15 is 0 Å². The molecule has 2 amide bonds. The molecule has 2 aliphatic heterocycles. The largest absolute Gasteiger partial charge is 0.335 e. The molecule has 0 aromatic heterocycles. The first-order valence-corrected chi connectivity index (χ1v) is 10.3. The molecular formula is C24H29N3O. The summed E-state index contributed by atoms with van der Waals surface area (Å²) in [5, 5.41) is 6.31. The van der Waals surface area contributed by atoms with Gasteiger partial charge >= 0.3 is 6.03 Å². The van der Waals surface area contributed by atoms with Crippen molar-refractivity contribution in [3.8, 4) is 11.1 Å². The number of benzene rings is 2. The second-order valence-electron chi connectivity index (χ2n) is 7.90. The fourth-order valence-electron chi connectivity index (χ4n) is 4.85. The summed E-state index contributed by atoms with van der Waals surface area (Å²) in [4.78, 5) is 15.3. The average Bonchev–Trinajstić information content (AvgIpc) is 2.70. The Morgan fingerprint density at radius 1 is 1.04 bits per heavy atom. The van der Waals surface area contributed by atoms with E-state index in [1.165, 1.54) is 19.3 Å². The quantitative estimate of drug-likeness (QED) is 0.719. The van der Waals surface area contributed by atoms with Crippen LogP contribution >= 0.6 is 0 Å². The van der Waals surface area contributed by atoms with Crippen LogP contribution in [0.15, 0.2) is 67.3 Å². The molecule has 4 heteroatoms. The molecule has 0 radical (unpaired) electrons. The Bertz CT molecular complexity index is 806. The van der Waals surface area contributed by atoms with E-state index in [1.807, 2.05) is 48.5 Å². The topological polar surface area (TPSA) is 44.4 Å².